The van der Waals surface area contributed by atoms with Crippen molar-refractivity contribution in [2.45, 2.75) is 24.9 Å². The molecule has 0 atom stereocenters. The number of nitrogens with zero attached hydrogens (tertiary/aromatic N) is 1. The standard InChI is InChI=1S/C16H18N4O3S/c1-2-3-12-8-13(21)20-16(19-12)24-9-14(22)18-11-6-4-10(5-7-11)15(17)23/h4-8H,2-3,9H2,1H3,(H2,17,23)(H,18,22)(H,19,20,21). The van der Waals surface area contributed by atoms with E-state index in [1.54, 1.807) is 24.3 Å². The summed E-state index contributed by atoms with van der Waals surface area (Å²) in [6.45, 7) is 2.01. The molecule has 0 aliphatic heterocycles. The normalized spacial score (nSPS) is 10.4. The minimum atomic E-state index is -0.523. The average molecular weight is 346 g/mol. The number of nitrogens with one attached hydrogen (secondary N) is 2. The van der Waals surface area contributed by atoms with E-state index in [0.717, 1.165) is 24.6 Å². The summed E-state index contributed by atoms with van der Waals surface area (Å²) >= 11 is 1.16. The maximum Gasteiger partial charge on any atom is 0.251 e. The molecule has 0 fully saturated rings. The highest BCUT2D eigenvalue weighted by atomic mass is 32.2. The number of benzene rings is 1. The Morgan fingerprint density at radius 3 is 2.62 bits per heavy atom. The molecule has 1 aromatic carbocycles. The third kappa shape index (κ3) is 5.24. The van der Waals surface area contributed by atoms with Crippen molar-refractivity contribution in [1.82, 2.24) is 9.97 Å². The van der Waals surface area contributed by atoms with Crippen molar-refractivity contribution >= 4 is 29.3 Å². The summed E-state index contributed by atoms with van der Waals surface area (Å²) in [6.07, 6.45) is 1.61. The number of hydrogen-bond donors (Lipinski definition) is 3. The minimum absolute atomic E-state index is 0.107. The second kappa shape index (κ2) is 8.30. The first kappa shape index (κ1) is 17.7. The maximum atomic E-state index is 12.0. The van der Waals surface area contributed by atoms with Gasteiger partial charge in [-0.25, -0.2) is 4.98 Å². The van der Waals surface area contributed by atoms with E-state index in [0.29, 0.717) is 22.1 Å². The second-order valence-corrected chi connectivity index (χ2v) is 6.03. The SMILES string of the molecule is CCCc1cc(=O)[nH]c(SCC(=O)Nc2ccc(C(N)=O)cc2)n1. The number of aromatic nitrogens is 2. The summed E-state index contributed by atoms with van der Waals surface area (Å²) in [7, 11) is 0. The van der Waals surface area contributed by atoms with Crippen LogP contribution < -0.4 is 16.6 Å². The number of aromatic amines is 1. The van der Waals surface area contributed by atoms with Crippen LogP contribution in [0.2, 0.25) is 0 Å². The van der Waals surface area contributed by atoms with Crippen molar-refractivity contribution < 1.29 is 9.59 Å². The fraction of sp³-hybridized carbons (Fsp3) is 0.250. The second-order valence-electron chi connectivity index (χ2n) is 5.07. The van der Waals surface area contributed by atoms with Gasteiger partial charge in [-0.15, -0.1) is 0 Å². The topological polar surface area (TPSA) is 118 Å². The number of nitrogens with two attached hydrogens (primary N) is 1. The third-order valence-corrected chi connectivity index (χ3v) is 3.95. The Hall–Kier alpha value is -2.61. The summed E-state index contributed by atoms with van der Waals surface area (Å²) in [5, 5.41) is 3.12. The number of hydrogen-bond acceptors (Lipinski definition) is 5. The zero-order chi connectivity index (χ0) is 17.5. The van der Waals surface area contributed by atoms with Crippen molar-refractivity contribution in [3.8, 4) is 0 Å². The lowest BCUT2D eigenvalue weighted by molar-refractivity contribution is -0.113. The smallest absolute Gasteiger partial charge is 0.251 e. The molecule has 2 rings (SSSR count). The molecule has 2 amide bonds. The van der Waals surface area contributed by atoms with E-state index in [2.05, 4.69) is 15.3 Å². The highest BCUT2D eigenvalue weighted by molar-refractivity contribution is 7.99. The average Bonchev–Trinajstić information content (AvgIpc) is 2.53. The Bertz CT molecular complexity index is 787. The molecule has 0 aliphatic rings. The first-order chi connectivity index (χ1) is 11.5. The molecular weight excluding hydrogens is 328 g/mol. The molecule has 0 radical (unpaired) electrons. The van der Waals surface area contributed by atoms with Crippen LogP contribution in [-0.2, 0) is 11.2 Å². The monoisotopic (exact) mass is 346 g/mol. The van der Waals surface area contributed by atoms with Crippen molar-refractivity contribution in [3.63, 3.8) is 0 Å². The van der Waals surface area contributed by atoms with Crippen LogP contribution in [-0.4, -0.2) is 27.5 Å². The quantitative estimate of drug-likeness (QED) is 0.519. The Kier molecular flexibility index (Phi) is 6.14. The van der Waals surface area contributed by atoms with Crippen LogP contribution >= 0.6 is 11.8 Å². The van der Waals surface area contributed by atoms with Crippen LogP contribution in [0.4, 0.5) is 5.69 Å². The van der Waals surface area contributed by atoms with Gasteiger partial charge in [0.15, 0.2) is 5.16 Å². The maximum absolute atomic E-state index is 12.0. The first-order valence-electron chi connectivity index (χ1n) is 7.40. The van der Waals surface area contributed by atoms with Gasteiger partial charge in [0.1, 0.15) is 0 Å². The first-order valence-corrected chi connectivity index (χ1v) is 8.39. The molecule has 0 spiro atoms. The number of rotatable bonds is 7. The molecule has 0 unspecified atom stereocenters. The van der Waals surface area contributed by atoms with E-state index in [4.69, 9.17) is 5.73 Å². The van der Waals surface area contributed by atoms with Crippen LogP contribution in [0.5, 0.6) is 0 Å². The van der Waals surface area contributed by atoms with Gasteiger partial charge in [0.2, 0.25) is 11.8 Å². The van der Waals surface area contributed by atoms with Gasteiger partial charge < -0.3 is 16.0 Å². The zero-order valence-corrected chi connectivity index (χ0v) is 14.0. The Balaban J connectivity index is 1.93. The minimum Gasteiger partial charge on any atom is -0.366 e. The molecule has 1 heterocycles. The van der Waals surface area contributed by atoms with Gasteiger partial charge in [-0.05, 0) is 30.7 Å². The lowest BCUT2D eigenvalue weighted by Crippen LogP contribution is -2.16. The van der Waals surface area contributed by atoms with Gasteiger partial charge in [0.25, 0.3) is 5.56 Å². The molecule has 7 nitrogen and oxygen atoms in total. The van der Waals surface area contributed by atoms with Gasteiger partial charge in [0.05, 0.1) is 5.75 Å². The van der Waals surface area contributed by atoms with Crippen molar-refractivity contribution in [1.29, 1.82) is 0 Å². The van der Waals surface area contributed by atoms with Crippen LogP contribution in [0.25, 0.3) is 0 Å². The van der Waals surface area contributed by atoms with Gasteiger partial charge >= 0.3 is 0 Å². The molecule has 8 heteroatoms. The fourth-order valence-electron chi connectivity index (χ4n) is 1.98. The van der Waals surface area contributed by atoms with E-state index in [-0.39, 0.29) is 17.2 Å². The summed E-state index contributed by atoms with van der Waals surface area (Å²) in [6, 6.07) is 7.75. The molecule has 0 aliphatic carbocycles. The molecular formula is C16H18N4O3S. The van der Waals surface area contributed by atoms with Gasteiger partial charge in [-0.3, -0.25) is 14.4 Å². The molecule has 2 aromatic rings. The summed E-state index contributed by atoms with van der Waals surface area (Å²) < 4.78 is 0. The van der Waals surface area contributed by atoms with E-state index < -0.39 is 5.91 Å². The molecule has 0 saturated carbocycles. The number of H-pyrrole nitrogens is 1. The lowest BCUT2D eigenvalue weighted by atomic mass is 10.2. The predicted molar refractivity (Wildman–Crippen MR) is 93.2 cm³/mol. The number of carbonyl (C=O) groups excluding carboxylic acids is 2. The third-order valence-electron chi connectivity index (χ3n) is 3.07. The number of primary amides is 1. The Labute approximate surface area is 143 Å². The molecule has 1 aromatic heterocycles. The van der Waals surface area contributed by atoms with Crippen LogP contribution in [0.15, 0.2) is 40.3 Å². The highest BCUT2D eigenvalue weighted by Gasteiger charge is 2.07. The molecule has 24 heavy (non-hydrogen) atoms. The van der Waals surface area contributed by atoms with Gasteiger partial charge in [-0.1, -0.05) is 25.1 Å². The molecule has 0 bridgehead atoms. The van der Waals surface area contributed by atoms with E-state index >= 15 is 0 Å². The number of carbonyl (C=O) groups is 2. The van der Waals surface area contributed by atoms with Crippen molar-refractivity contribution in [2.75, 3.05) is 11.1 Å². The Morgan fingerprint density at radius 1 is 1.29 bits per heavy atom. The Morgan fingerprint density at radius 2 is 2.00 bits per heavy atom. The van der Waals surface area contributed by atoms with E-state index in [1.165, 1.54) is 6.07 Å². The summed E-state index contributed by atoms with van der Waals surface area (Å²) in [4.78, 5) is 41.4. The van der Waals surface area contributed by atoms with E-state index in [9.17, 15) is 14.4 Å². The van der Waals surface area contributed by atoms with Crippen LogP contribution in [0, 0.1) is 0 Å². The van der Waals surface area contributed by atoms with Crippen LogP contribution in [0.3, 0.4) is 0 Å². The molecule has 126 valence electrons. The van der Waals surface area contributed by atoms with Gasteiger partial charge in [0, 0.05) is 23.0 Å². The zero-order valence-electron chi connectivity index (χ0n) is 13.2. The molecule has 4 N–H and O–H groups in total. The molecule has 0 saturated heterocycles. The number of amides is 2. The van der Waals surface area contributed by atoms with Gasteiger partial charge in [-0.2, -0.15) is 0 Å². The number of aryl methyl sites for hydroxylation is 1. The lowest BCUT2D eigenvalue weighted by Gasteiger charge is -2.06. The fourth-order valence-corrected chi connectivity index (χ4v) is 2.68. The highest BCUT2D eigenvalue weighted by Crippen LogP contribution is 2.14. The van der Waals surface area contributed by atoms with Crippen molar-refractivity contribution in [2.24, 2.45) is 5.73 Å². The predicted octanol–water partition coefficient (Wildman–Crippen LogP) is 1.55. The number of thioether (sulfide) groups is 1. The van der Waals surface area contributed by atoms with Crippen molar-refractivity contribution in [3.05, 3.63) is 51.9 Å². The summed E-state index contributed by atoms with van der Waals surface area (Å²) in [5.74, 6) is -0.656. The number of anilines is 1. The van der Waals surface area contributed by atoms with Crippen LogP contribution in [0.1, 0.15) is 29.4 Å². The summed E-state index contributed by atoms with van der Waals surface area (Å²) in [5.41, 5.74) is 6.58. The van der Waals surface area contributed by atoms with E-state index in [1.807, 2.05) is 6.92 Å². The largest absolute Gasteiger partial charge is 0.366 e.